The van der Waals surface area contributed by atoms with Crippen LogP contribution in [0.1, 0.15) is 24.3 Å². The highest BCUT2D eigenvalue weighted by atomic mass is 32.2. The van der Waals surface area contributed by atoms with Gasteiger partial charge in [0.1, 0.15) is 5.69 Å². The van der Waals surface area contributed by atoms with E-state index in [1.165, 1.54) is 0 Å². The van der Waals surface area contributed by atoms with E-state index in [0.29, 0.717) is 22.0 Å². The van der Waals surface area contributed by atoms with E-state index >= 15 is 0 Å². The maximum Gasteiger partial charge on any atom is 0.267 e. The third-order valence-electron chi connectivity index (χ3n) is 2.88. The number of thioether (sulfide) groups is 1. The lowest BCUT2D eigenvalue weighted by Gasteiger charge is -2.36. The zero-order valence-corrected chi connectivity index (χ0v) is 11.4. The molecular weight excluding hydrogens is 248 g/mol. The van der Waals surface area contributed by atoms with Crippen molar-refractivity contribution >= 4 is 29.2 Å². The van der Waals surface area contributed by atoms with Crippen molar-refractivity contribution in [2.24, 2.45) is 5.73 Å². The summed E-state index contributed by atoms with van der Waals surface area (Å²) in [4.78, 5) is 17.6. The van der Waals surface area contributed by atoms with Crippen LogP contribution in [0.15, 0.2) is 12.1 Å². The van der Waals surface area contributed by atoms with E-state index in [1.807, 2.05) is 11.8 Å². The van der Waals surface area contributed by atoms with Crippen LogP contribution in [-0.2, 0) is 0 Å². The Hall–Kier alpha value is -1.43. The number of nitrogen functional groups attached to an aromatic ring is 1. The Balaban J connectivity index is 2.31. The van der Waals surface area contributed by atoms with Crippen molar-refractivity contribution in [1.82, 2.24) is 4.98 Å². The van der Waals surface area contributed by atoms with Crippen molar-refractivity contribution in [3.8, 4) is 0 Å². The first-order chi connectivity index (χ1) is 8.47. The topological polar surface area (TPSA) is 85.2 Å². The number of nitrogens with two attached hydrogens (primary N) is 2. The predicted molar refractivity (Wildman–Crippen MR) is 75.9 cm³/mol. The molecule has 0 spiro atoms. The normalized spacial score (nSPS) is 24.0. The quantitative estimate of drug-likeness (QED) is 0.837. The molecule has 2 unspecified atom stereocenters. The lowest BCUT2D eigenvalue weighted by atomic mass is 10.2. The Bertz CT molecular complexity index is 455. The molecule has 0 radical (unpaired) electrons. The summed E-state index contributed by atoms with van der Waals surface area (Å²) in [5.41, 5.74) is 12.1. The molecule has 0 saturated carbocycles. The van der Waals surface area contributed by atoms with Crippen molar-refractivity contribution in [2.75, 3.05) is 23.7 Å². The van der Waals surface area contributed by atoms with Gasteiger partial charge in [-0.05, 0) is 12.1 Å². The average molecular weight is 266 g/mol. The number of pyridine rings is 1. The summed E-state index contributed by atoms with van der Waals surface area (Å²) in [6, 6.07) is 3.26. The maximum atomic E-state index is 11.2. The Kier molecular flexibility index (Phi) is 3.65. The lowest BCUT2D eigenvalue weighted by Crippen LogP contribution is -2.41. The van der Waals surface area contributed by atoms with Gasteiger partial charge in [0.05, 0.1) is 5.69 Å². The second kappa shape index (κ2) is 5.06. The van der Waals surface area contributed by atoms with Gasteiger partial charge in [-0.25, -0.2) is 4.98 Å². The minimum Gasteiger partial charge on any atom is -0.396 e. The second-order valence-corrected chi connectivity index (χ2v) is 6.52. The van der Waals surface area contributed by atoms with Crippen LogP contribution in [0.3, 0.4) is 0 Å². The lowest BCUT2D eigenvalue weighted by molar-refractivity contribution is 0.0995. The van der Waals surface area contributed by atoms with Gasteiger partial charge in [-0.2, -0.15) is 11.8 Å². The number of nitrogens with zero attached hydrogens (tertiary/aromatic N) is 2. The van der Waals surface area contributed by atoms with Gasteiger partial charge in [-0.15, -0.1) is 0 Å². The third-order valence-corrected chi connectivity index (χ3v) is 4.10. The fraction of sp³-hybridized carbons (Fsp3) is 0.500. The Labute approximate surface area is 111 Å². The Morgan fingerprint density at radius 3 is 2.56 bits per heavy atom. The van der Waals surface area contributed by atoms with Gasteiger partial charge in [0.25, 0.3) is 5.91 Å². The van der Waals surface area contributed by atoms with Gasteiger partial charge >= 0.3 is 0 Å². The molecule has 4 N–H and O–H groups in total. The highest BCUT2D eigenvalue weighted by Crippen LogP contribution is 2.30. The SMILES string of the molecule is CC1CN(c2nc(C(N)=O)ccc2N)CC(C)S1. The van der Waals surface area contributed by atoms with Crippen molar-refractivity contribution in [1.29, 1.82) is 0 Å². The molecular formula is C12H18N4OS. The minimum atomic E-state index is -0.524. The van der Waals surface area contributed by atoms with E-state index in [-0.39, 0.29) is 5.69 Å². The van der Waals surface area contributed by atoms with Gasteiger partial charge < -0.3 is 16.4 Å². The van der Waals surface area contributed by atoms with E-state index in [9.17, 15) is 4.79 Å². The molecule has 1 aromatic heterocycles. The first kappa shape index (κ1) is 13.0. The van der Waals surface area contributed by atoms with E-state index < -0.39 is 5.91 Å². The molecule has 1 aromatic rings. The molecule has 1 amide bonds. The summed E-state index contributed by atoms with van der Waals surface area (Å²) in [5.74, 6) is 0.147. The van der Waals surface area contributed by atoms with Crippen molar-refractivity contribution in [3.63, 3.8) is 0 Å². The second-order valence-electron chi connectivity index (χ2n) is 4.64. The van der Waals surface area contributed by atoms with E-state index in [4.69, 9.17) is 11.5 Å². The smallest absolute Gasteiger partial charge is 0.267 e. The number of primary amides is 1. The molecule has 1 saturated heterocycles. The fourth-order valence-corrected chi connectivity index (χ4v) is 3.53. The fourth-order valence-electron chi connectivity index (χ4n) is 2.20. The molecule has 1 fully saturated rings. The van der Waals surface area contributed by atoms with Crippen molar-refractivity contribution < 1.29 is 4.79 Å². The van der Waals surface area contributed by atoms with Gasteiger partial charge in [0.15, 0.2) is 5.82 Å². The van der Waals surface area contributed by atoms with Crippen LogP contribution in [0.5, 0.6) is 0 Å². The molecule has 2 rings (SSSR count). The third kappa shape index (κ3) is 2.69. The number of hydrogen-bond donors (Lipinski definition) is 2. The summed E-state index contributed by atoms with van der Waals surface area (Å²) in [6.45, 7) is 6.13. The number of rotatable bonds is 2. The molecule has 18 heavy (non-hydrogen) atoms. The largest absolute Gasteiger partial charge is 0.396 e. The predicted octanol–water partition coefficient (Wildman–Crippen LogP) is 1.09. The molecule has 1 aliphatic heterocycles. The minimum absolute atomic E-state index is 0.262. The molecule has 0 bridgehead atoms. The monoisotopic (exact) mass is 266 g/mol. The van der Waals surface area contributed by atoms with Crippen LogP contribution in [0.2, 0.25) is 0 Å². The van der Waals surface area contributed by atoms with Crippen LogP contribution in [0.25, 0.3) is 0 Å². The molecule has 0 aliphatic carbocycles. The molecule has 2 heterocycles. The first-order valence-corrected chi connectivity index (χ1v) is 6.88. The van der Waals surface area contributed by atoms with Crippen molar-refractivity contribution in [3.05, 3.63) is 17.8 Å². The first-order valence-electron chi connectivity index (χ1n) is 5.94. The number of anilines is 2. The number of aromatic nitrogens is 1. The molecule has 0 aromatic carbocycles. The zero-order valence-electron chi connectivity index (χ0n) is 10.6. The summed E-state index contributed by atoms with van der Waals surface area (Å²) < 4.78 is 0. The maximum absolute atomic E-state index is 11.2. The summed E-state index contributed by atoms with van der Waals surface area (Å²) in [6.07, 6.45) is 0. The molecule has 5 nitrogen and oxygen atoms in total. The Morgan fingerprint density at radius 2 is 2.00 bits per heavy atom. The number of amides is 1. The van der Waals surface area contributed by atoms with Crippen LogP contribution >= 0.6 is 11.8 Å². The Morgan fingerprint density at radius 1 is 1.39 bits per heavy atom. The summed E-state index contributed by atoms with van der Waals surface area (Å²) in [7, 11) is 0. The number of hydrogen-bond acceptors (Lipinski definition) is 5. The average Bonchev–Trinajstić information content (AvgIpc) is 2.27. The summed E-state index contributed by atoms with van der Waals surface area (Å²) >= 11 is 1.95. The van der Waals surface area contributed by atoms with E-state index in [2.05, 4.69) is 23.7 Å². The van der Waals surface area contributed by atoms with Crippen LogP contribution in [0.4, 0.5) is 11.5 Å². The molecule has 6 heteroatoms. The van der Waals surface area contributed by atoms with Crippen LogP contribution < -0.4 is 16.4 Å². The molecule has 98 valence electrons. The zero-order chi connectivity index (χ0) is 13.3. The van der Waals surface area contributed by atoms with Gasteiger partial charge in [-0.1, -0.05) is 13.8 Å². The van der Waals surface area contributed by atoms with Gasteiger partial charge in [0, 0.05) is 23.6 Å². The van der Waals surface area contributed by atoms with Gasteiger partial charge in [-0.3, -0.25) is 4.79 Å². The summed E-state index contributed by atoms with van der Waals surface area (Å²) in [5, 5.41) is 1.04. The number of carbonyl (C=O) groups is 1. The highest BCUT2D eigenvalue weighted by Gasteiger charge is 2.25. The van der Waals surface area contributed by atoms with Gasteiger partial charge in [0.2, 0.25) is 0 Å². The van der Waals surface area contributed by atoms with Crippen molar-refractivity contribution in [2.45, 2.75) is 24.3 Å². The van der Waals surface area contributed by atoms with Crippen LogP contribution in [-0.4, -0.2) is 34.5 Å². The molecule has 1 aliphatic rings. The molecule has 2 atom stereocenters. The van der Waals surface area contributed by atoms with E-state index in [1.54, 1.807) is 12.1 Å². The standard InChI is InChI=1S/C12H18N4OS/c1-7-5-16(6-8(2)18-7)12-9(13)3-4-10(15-12)11(14)17/h3-4,7-8H,5-6,13H2,1-2H3,(H2,14,17). The number of carbonyl (C=O) groups excluding carboxylic acids is 1. The van der Waals surface area contributed by atoms with Crippen LogP contribution in [0, 0.1) is 0 Å². The van der Waals surface area contributed by atoms with E-state index in [0.717, 1.165) is 13.1 Å². The highest BCUT2D eigenvalue weighted by molar-refractivity contribution is 8.00.